The van der Waals surface area contributed by atoms with Gasteiger partial charge in [0.2, 0.25) is 0 Å². The Balaban J connectivity index is 1.39. The quantitative estimate of drug-likeness (QED) is 0.934. The van der Waals surface area contributed by atoms with E-state index < -0.39 is 0 Å². The third kappa shape index (κ3) is 3.03. The number of nitrogens with zero attached hydrogens (tertiary/aromatic N) is 3. The number of hydrogen-bond donors (Lipinski definition) is 1. The highest BCUT2D eigenvalue weighted by Gasteiger charge is 2.21. The van der Waals surface area contributed by atoms with Gasteiger partial charge in [0.1, 0.15) is 5.82 Å². The van der Waals surface area contributed by atoms with Crippen molar-refractivity contribution in [3.05, 3.63) is 33.5 Å². The molecule has 0 saturated carbocycles. The zero-order valence-electron chi connectivity index (χ0n) is 13.0. The number of amides is 1. The second-order valence-corrected chi connectivity index (χ2v) is 7.14. The Hall–Kier alpha value is -1.73. The van der Waals surface area contributed by atoms with Gasteiger partial charge in [-0.05, 0) is 37.8 Å². The van der Waals surface area contributed by atoms with E-state index in [2.05, 4.69) is 20.1 Å². The number of aryl methyl sites for hydroxylation is 1. The Morgan fingerprint density at radius 1 is 1.35 bits per heavy atom. The summed E-state index contributed by atoms with van der Waals surface area (Å²) in [6.07, 6.45) is 5.63. The summed E-state index contributed by atoms with van der Waals surface area (Å²) in [5.74, 6) is 1.84. The Bertz CT molecular complexity index is 703. The average Bonchev–Trinajstić information content (AvgIpc) is 3.31. The molecule has 0 spiro atoms. The first-order valence-electron chi connectivity index (χ1n) is 8.22. The standard InChI is InChI=1S/C16H20N4O2S/c21-16(13-7-6-12(23-13)11-4-3-9-22-11)17-10-15-19-18-14-5-1-2-8-20(14)15/h6-7,11H,1-5,8-10H2,(H,17,21). The molecule has 0 bridgehead atoms. The molecular formula is C16H20N4O2S. The van der Waals surface area contributed by atoms with Crippen LogP contribution in [0.2, 0.25) is 0 Å². The molecule has 1 atom stereocenters. The molecule has 7 heteroatoms. The van der Waals surface area contributed by atoms with E-state index in [1.165, 1.54) is 17.8 Å². The molecule has 1 fully saturated rings. The van der Waals surface area contributed by atoms with Crippen LogP contribution in [0.3, 0.4) is 0 Å². The van der Waals surface area contributed by atoms with Gasteiger partial charge in [0.25, 0.3) is 5.91 Å². The van der Waals surface area contributed by atoms with Gasteiger partial charge in [-0.3, -0.25) is 4.79 Å². The van der Waals surface area contributed by atoms with Crippen molar-refractivity contribution in [3.8, 4) is 0 Å². The van der Waals surface area contributed by atoms with Crippen LogP contribution >= 0.6 is 11.3 Å². The van der Waals surface area contributed by atoms with Crippen molar-refractivity contribution in [2.24, 2.45) is 0 Å². The molecule has 2 aromatic heterocycles. The number of carbonyl (C=O) groups is 1. The molecule has 1 N–H and O–H groups in total. The zero-order chi connectivity index (χ0) is 15.6. The number of aromatic nitrogens is 3. The van der Waals surface area contributed by atoms with Crippen LogP contribution in [0.5, 0.6) is 0 Å². The number of fused-ring (bicyclic) bond motifs is 1. The van der Waals surface area contributed by atoms with Crippen LogP contribution < -0.4 is 5.32 Å². The van der Waals surface area contributed by atoms with Crippen molar-refractivity contribution in [2.45, 2.75) is 51.3 Å². The molecular weight excluding hydrogens is 312 g/mol. The average molecular weight is 332 g/mol. The largest absolute Gasteiger partial charge is 0.373 e. The second-order valence-electron chi connectivity index (χ2n) is 6.03. The predicted octanol–water partition coefficient (Wildman–Crippen LogP) is 2.46. The van der Waals surface area contributed by atoms with E-state index in [1.807, 2.05) is 12.1 Å². The maximum atomic E-state index is 12.3. The lowest BCUT2D eigenvalue weighted by Gasteiger charge is -2.14. The molecule has 0 radical (unpaired) electrons. The van der Waals surface area contributed by atoms with Crippen LogP contribution in [-0.4, -0.2) is 27.3 Å². The summed E-state index contributed by atoms with van der Waals surface area (Å²) in [5.41, 5.74) is 0. The smallest absolute Gasteiger partial charge is 0.261 e. The monoisotopic (exact) mass is 332 g/mol. The molecule has 2 aliphatic heterocycles. The Morgan fingerprint density at radius 2 is 2.30 bits per heavy atom. The van der Waals surface area contributed by atoms with Crippen LogP contribution in [-0.2, 0) is 24.2 Å². The van der Waals surface area contributed by atoms with Crippen molar-refractivity contribution in [2.75, 3.05) is 6.61 Å². The number of rotatable bonds is 4. The van der Waals surface area contributed by atoms with E-state index >= 15 is 0 Å². The van der Waals surface area contributed by atoms with Crippen LogP contribution in [0.4, 0.5) is 0 Å². The third-order valence-electron chi connectivity index (χ3n) is 4.44. The number of nitrogens with one attached hydrogen (secondary N) is 1. The SMILES string of the molecule is O=C(NCc1nnc2n1CCCC2)c1ccc(C2CCCO2)s1. The van der Waals surface area contributed by atoms with E-state index in [9.17, 15) is 4.79 Å². The number of thiophene rings is 1. The van der Waals surface area contributed by atoms with Gasteiger partial charge in [-0.25, -0.2) is 0 Å². The van der Waals surface area contributed by atoms with Crippen molar-refractivity contribution >= 4 is 17.2 Å². The lowest BCUT2D eigenvalue weighted by Crippen LogP contribution is -2.25. The summed E-state index contributed by atoms with van der Waals surface area (Å²) in [6.45, 7) is 2.21. The van der Waals surface area contributed by atoms with Gasteiger partial charge in [-0.2, -0.15) is 0 Å². The number of carbonyl (C=O) groups excluding carboxylic acids is 1. The van der Waals surface area contributed by atoms with E-state index in [0.29, 0.717) is 6.54 Å². The molecule has 1 amide bonds. The van der Waals surface area contributed by atoms with Gasteiger partial charge >= 0.3 is 0 Å². The minimum atomic E-state index is -0.0487. The van der Waals surface area contributed by atoms with Crippen LogP contribution in [0.15, 0.2) is 12.1 Å². The summed E-state index contributed by atoms with van der Waals surface area (Å²) in [7, 11) is 0. The maximum absolute atomic E-state index is 12.3. The Kier molecular flexibility index (Phi) is 4.13. The van der Waals surface area contributed by atoms with Crippen molar-refractivity contribution in [1.82, 2.24) is 20.1 Å². The minimum Gasteiger partial charge on any atom is -0.373 e. The van der Waals surface area contributed by atoms with Crippen LogP contribution in [0.25, 0.3) is 0 Å². The summed E-state index contributed by atoms with van der Waals surface area (Å²) in [6, 6.07) is 3.89. The fourth-order valence-electron chi connectivity index (χ4n) is 3.20. The number of ether oxygens (including phenoxy) is 1. The first-order valence-corrected chi connectivity index (χ1v) is 9.03. The van der Waals surface area contributed by atoms with Gasteiger partial charge in [0.15, 0.2) is 5.82 Å². The molecule has 1 saturated heterocycles. The summed E-state index contributed by atoms with van der Waals surface area (Å²) >= 11 is 1.52. The van der Waals surface area contributed by atoms with E-state index in [4.69, 9.17) is 4.74 Å². The molecule has 1 unspecified atom stereocenters. The third-order valence-corrected chi connectivity index (χ3v) is 5.62. The highest BCUT2D eigenvalue weighted by Crippen LogP contribution is 2.33. The molecule has 23 heavy (non-hydrogen) atoms. The topological polar surface area (TPSA) is 69.0 Å². The zero-order valence-corrected chi connectivity index (χ0v) is 13.8. The van der Waals surface area contributed by atoms with Crippen LogP contribution in [0, 0.1) is 0 Å². The van der Waals surface area contributed by atoms with E-state index in [1.54, 1.807) is 0 Å². The Morgan fingerprint density at radius 3 is 3.17 bits per heavy atom. The first-order chi connectivity index (χ1) is 11.3. The van der Waals surface area contributed by atoms with E-state index in [0.717, 1.165) is 60.2 Å². The second kappa shape index (κ2) is 6.41. The van der Waals surface area contributed by atoms with Crippen molar-refractivity contribution in [1.29, 1.82) is 0 Å². The molecule has 0 aromatic carbocycles. The molecule has 4 rings (SSSR count). The summed E-state index contributed by atoms with van der Waals surface area (Å²) in [4.78, 5) is 14.2. The fourth-order valence-corrected chi connectivity index (χ4v) is 4.20. The highest BCUT2D eigenvalue weighted by atomic mass is 32.1. The van der Waals surface area contributed by atoms with Gasteiger partial charge in [0.05, 0.1) is 17.5 Å². The summed E-state index contributed by atoms with van der Waals surface area (Å²) < 4.78 is 7.81. The molecule has 6 nitrogen and oxygen atoms in total. The number of hydrogen-bond acceptors (Lipinski definition) is 5. The van der Waals surface area contributed by atoms with E-state index in [-0.39, 0.29) is 12.0 Å². The van der Waals surface area contributed by atoms with Gasteiger partial charge in [0, 0.05) is 24.4 Å². The van der Waals surface area contributed by atoms with Crippen molar-refractivity contribution in [3.63, 3.8) is 0 Å². The fraction of sp³-hybridized carbons (Fsp3) is 0.562. The van der Waals surface area contributed by atoms with Gasteiger partial charge < -0.3 is 14.6 Å². The lowest BCUT2D eigenvalue weighted by molar-refractivity contribution is 0.0953. The van der Waals surface area contributed by atoms with Gasteiger partial charge in [-0.15, -0.1) is 21.5 Å². The highest BCUT2D eigenvalue weighted by molar-refractivity contribution is 7.14. The normalized spacial score (nSPS) is 20.4. The molecule has 4 heterocycles. The van der Waals surface area contributed by atoms with Gasteiger partial charge in [-0.1, -0.05) is 0 Å². The summed E-state index contributed by atoms with van der Waals surface area (Å²) in [5, 5.41) is 11.4. The molecule has 0 aliphatic carbocycles. The van der Waals surface area contributed by atoms with Crippen LogP contribution in [0.1, 0.15) is 58.0 Å². The maximum Gasteiger partial charge on any atom is 0.261 e. The van der Waals surface area contributed by atoms with Crippen molar-refractivity contribution < 1.29 is 9.53 Å². The molecule has 122 valence electrons. The minimum absolute atomic E-state index is 0.0487. The predicted molar refractivity (Wildman–Crippen MR) is 86.4 cm³/mol. The molecule has 2 aliphatic rings. The Labute approximate surface area is 138 Å². The molecule has 2 aromatic rings. The first kappa shape index (κ1) is 14.8. The lowest BCUT2D eigenvalue weighted by atomic mass is 10.2.